The summed E-state index contributed by atoms with van der Waals surface area (Å²) in [7, 11) is -6.91. The van der Waals surface area contributed by atoms with Crippen LogP contribution in [0, 0.1) is 6.92 Å². The Labute approximate surface area is 121 Å². The first-order valence-electron chi connectivity index (χ1n) is 5.56. The topological polar surface area (TPSA) is 93.2 Å². The lowest BCUT2D eigenvalue weighted by Gasteiger charge is -2.10. The zero-order chi connectivity index (χ0) is 14.3. The fourth-order valence-electron chi connectivity index (χ4n) is 1.96. The van der Waals surface area contributed by atoms with E-state index in [0.29, 0.717) is 18.5 Å². The van der Waals surface area contributed by atoms with Crippen molar-refractivity contribution in [3.05, 3.63) is 10.2 Å². The third-order valence-electron chi connectivity index (χ3n) is 2.94. The van der Waals surface area contributed by atoms with Crippen LogP contribution in [0.3, 0.4) is 0 Å². The molecule has 10 heteroatoms. The fraction of sp³-hybridized carbons (Fsp3) is 0.667. The van der Waals surface area contributed by atoms with Gasteiger partial charge in [-0.25, -0.2) is 26.5 Å². The van der Waals surface area contributed by atoms with Gasteiger partial charge in [0.05, 0.1) is 16.7 Å². The highest BCUT2D eigenvalue weighted by Crippen LogP contribution is 2.27. The molecule has 1 aliphatic rings. The van der Waals surface area contributed by atoms with Crippen LogP contribution in [-0.2, 0) is 19.9 Å². The molecule has 2 rings (SSSR count). The van der Waals surface area contributed by atoms with Crippen molar-refractivity contribution in [2.24, 2.45) is 0 Å². The predicted octanol–water partition coefficient (Wildman–Crippen LogP) is 0.960. The van der Waals surface area contributed by atoms with Gasteiger partial charge in [-0.05, 0) is 19.8 Å². The number of sulfone groups is 1. The molecule has 1 unspecified atom stereocenters. The van der Waals surface area contributed by atoms with E-state index in [0.717, 1.165) is 11.3 Å². The standard InChI is InChI=1S/C9H13ClN2O4S3/c1-6-8(17-9(10)12-6)19(15,16)11-5-7-3-2-4-18(7,13)14/h7,11H,2-5H2,1H3. The SMILES string of the molecule is Cc1nc(Cl)sc1S(=O)(=O)NCC1CCCS1(=O)=O. The smallest absolute Gasteiger partial charge is 0.229 e. The molecule has 108 valence electrons. The number of sulfonamides is 1. The van der Waals surface area contributed by atoms with Crippen LogP contribution in [0.15, 0.2) is 4.21 Å². The van der Waals surface area contributed by atoms with E-state index in [1.165, 1.54) is 0 Å². The Hall–Kier alpha value is -0.220. The maximum absolute atomic E-state index is 12.0. The molecule has 0 bridgehead atoms. The summed E-state index contributed by atoms with van der Waals surface area (Å²) in [6.07, 6.45) is 1.08. The Morgan fingerprint density at radius 2 is 2.21 bits per heavy atom. The second-order valence-electron chi connectivity index (χ2n) is 4.32. The molecule has 1 atom stereocenters. The van der Waals surface area contributed by atoms with E-state index in [1.54, 1.807) is 6.92 Å². The Morgan fingerprint density at radius 1 is 1.53 bits per heavy atom. The minimum Gasteiger partial charge on any atom is -0.229 e. The monoisotopic (exact) mass is 344 g/mol. The van der Waals surface area contributed by atoms with Crippen LogP contribution >= 0.6 is 22.9 Å². The second kappa shape index (κ2) is 5.28. The summed E-state index contributed by atoms with van der Waals surface area (Å²) in [6, 6.07) is 0. The number of rotatable bonds is 4. The molecule has 19 heavy (non-hydrogen) atoms. The van der Waals surface area contributed by atoms with Gasteiger partial charge in [0, 0.05) is 6.54 Å². The van der Waals surface area contributed by atoms with E-state index < -0.39 is 25.1 Å². The highest BCUT2D eigenvalue weighted by molar-refractivity contribution is 7.93. The summed E-state index contributed by atoms with van der Waals surface area (Å²) in [5.74, 6) is 0.130. The highest BCUT2D eigenvalue weighted by atomic mass is 35.5. The summed E-state index contributed by atoms with van der Waals surface area (Å²) >= 11 is 6.52. The average Bonchev–Trinajstić information content (AvgIpc) is 2.78. The van der Waals surface area contributed by atoms with Crippen LogP contribution in [-0.4, -0.2) is 39.4 Å². The van der Waals surface area contributed by atoms with Crippen molar-refractivity contribution in [1.29, 1.82) is 0 Å². The number of aryl methyl sites for hydroxylation is 1. The molecule has 2 heterocycles. The zero-order valence-electron chi connectivity index (χ0n) is 10.1. The molecule has 0 amide bonds. The Balaban J connectivity index is 2.13. The van der Waals surface area contributed by atoms with Crippen molar-refractivity contribution < 1.29 is 16.8 Å². The normalized spacial score (nSPS) is 22.7. The van der Waals surface area contributed by atoms with Gasteiger partial charge in [0.25, 0.3) is 10.0 Å². The minimum atomic E-state index is -3.75. The molecule has 1 N–H and O–H groups in total. The first kappa shape index (κ1) is 15.2. The zero-order valence-corrected chi connectivity index (χ0v) is 13.3. The minimum absolute atomic E-state index is 0.0351. The molecule has 0 saturated carbocycles. The van der Waals surface area contributed by atoms with Crippen LogP contribution in [0.5, 0.6) is 0 Å². The lowest BCUT2D eigenvalue weighted by molar-refractivity contribution is 0.572. The molecule has 1 fully saturated rings. The maximum Gasteiger partial charge on any atom is 0.252 e. The number of hydrogen-bond donors (Lipinski definition) is 1. The van der Waals surface area contributed by atoms with Crippen molar-refractivity contribution in [1.82, 2.24) is 9.71 Å². The number of thiazole rings is 1. The Kier molecular flexibility index (Phi) is 4.22. The molecule has 1 aliphatic heterocycles. The van der Waals surface area contributed by atoms with Crippen molar-refractivity contribution in [3.8, 4) is 0 Å². The lowest BCUT2D eigenvalue weighted by Crippen LogP contribution is -2.34. The number of nitrogens with zero attached hydrogens (tertiary/aromatic N) is 1. The van der Waals surface area contributed by atoms with Gasteiger partial charge in [0.2, 0.25) is 0 Å². The average molecular weight is 345 g/mol. The van der Waals surface area contributed by atoms with Crippen LogP contribution in [0.25, 0.3) is 0 Å². The van der Waals surface area contributed by atoms with E-state index in [1.807, 2.05) is 0 Å². The molecule has 1 saturated heterocycles. The first-order chi connectivity index (χ1) is 8.72. The third-order valence-corrected chi connectivity index (χ3v) is 8.51. The quantitative estimate of drug-likeness (QED) is 0.878. The van der Waals surface area contributed by atoms with Gasteiger partial charge in [0.15, 0.2) is 18.5 Å². The van der Waals surface area contributed by atoms with E-state index in [-0.39, 0.29) is 21.0 Å². The number of hydrogen-bond acceptors (Lipinski definition) is 6. The molecule has 1 aromatic rings. The van der Waals surface area contributed by atoms with Crippen molar-refractivity contribution in [2.45, 2.75) is 29.2 Å². The molecule has 0 radical (unpaired) electrons. The van der Waals surface area contributed by atoms with Gasteiger partial charge < -0.3 is 0 Å². The van der Waals surface area contributed by atoms with E-state index in [9.17, 15) is 16.8 Å². The van der Waals surface area contributed by atoms with Crippen molar-refractivity contribution in [3.63, 3.8) is 0 Å². The fourth-order valence-corrected chi connectivity index (χ4v) is 6.69. The van der Waals surface area contributed by atoms with Crippen molar-refractivity contribution >= 4 is 42.8 Å². The summed E-state index contributed by atoms with van der Waals surface area (Å²) in [6.45, 7) is 1.45. The van der Waals surface area contributed by atoms with Crippen LogP contribution in [0.4, 0.5) is 0 Å². The summed E-state index contributed by atoms with van der Waals surface area (Å²) in [5.41, 5.74) is 0.316. The van der Waals surface area contributed by atoms with Crippen LogP contribution in [0.2, 0.25) is 4.47 Å². The van der Waals surface area contributed by atoms with Crippen LogP contribution < -0.4 is 4.72 Å². The molecule has 0 aliphatic carbocycles. The predicted molar refractivity (Wildman–Crippen MR) is 73.9 cm³/mol. The number of nitrogens with one attached hydrogen (secondary N) is 1. The van der Waals surface area contributed by atoms with Gasteiger partial charge in [-0.3, -0.25) is 0 Å². The van der Waals surface area contributed by atoms with Gasteiger partial charge >= 0.3 is 0 Å². The first-order valence-corrected chi connectivity index (χ1v) is 9.96. The number of aromatic nitrogens is 1. The molecular formula is C9H13ClN2O4S3. The third kappa shape index (κ3) is 3.27. The van der Waals surface area contributed by atoms with Gasteiger partial charge in [-0.1, -0.05) is 22.9 Å². The molecule has 0 spiro atoms. The lowest BCUT2D eigenvalue weighted by atomic mass is 10.2. The molecule has 0 aromatic carbocycles. The van der Waals surface area contributed by atoms with Crippen LogP contribution in [0.1, 0.15) is 18.5 Å². The highest BCUT2D eigenvalue weighted by Gasteiger charge is 2.33. The second-order valence-corrected chi connectivity index (χ2v) is 10.3. The Bertz CT molecular complexity index is 680. The van der Waals surface area contributed by atoms with E-state index >= 15 is 0 Å². The van der Waals surface area contributed by atoms with E-state index in [4.69, 9.17) is 11.6 Å². The Morgan fingerprint density at radius 3 is 2.68 bits per heavy atom. The van der Waals surface area contributed by atoms with Gasteiger partial charge in [0.1, 0.15) is 0 Å². The number of halogens is 1. The largest absolute Gasteiger partial charge is 0.252 e. The van der Waals surface area contributed by atoms with Gasteiger partial charge in [-0.15, -0.1) is 0 Å². The molecular weight excluding hydrogens is 332 g/mol. The van der Waals surface area contributed by atoms with E-state index in [2.05, 4.69) is 9.71 Å². The summed E-state index contributed by atoms with van der Waals surface area (Å²) < 4.78 is 49.8. The molecule has 6 nitrogen and oxygen atoms in total. The summed E-state index contributed by atoms with van der Waals surface area (Å²) in [5, 5.41) is -0.633. The molecule has 1 aromatic heterocycles. The summed E-state index contributed by atoms with van der Waals surface area (Å²) in [4.78, 5) is 3.83. The van der Waals surface area contributed by atoms with Gasteiger partial charge in [-0.2, -0.15) is 0 Å². The maximum atomic E-state index is 12.0. The van der Waals surface area contributed by atoms with Crippen molar-refractivity contribution in [2.75, 3.05) is 12.3 Å².